The molecule has 5 rings (SSSR count). The third-order valence-electron chi connectivity index (χ3n) is 7.14. The maximum atomic E-state index is 14.9. The number of nitrogens with one attached hydrogen (secondary N) is 2. The molecule has 0 radical (unpaired) electrons. The number of oxazole rings is 1. The van der Waals surface area contributed by atoms with Gasteiger partial charge in [-0.25, -0.2) is 22.5 Å². The van der Waals surface area contributed by atoms with Gasteiger partial charge in [0.05, 0.1) is 12.6 Å². The maximum Gasteiger partial charge on any atom is 0.387 e. The van der Waals surface area contributed by atoms with Gasteiger partial charge < -0.3 is 30.3 Å². The quantitative estimate of drug-likeness (QED) is 0.136. The number of halogens is 7. The smallest absolute Gasteiger partial charge is 0.387 e. The Kier molecular flexibility index (Phi) is 11.6. The zero-order valence-corrected chi connectivity index (χ0v) is 25.9. The van der Waals surface area contributed by atoms with Crippen LogP contribution >= 0.6 is 12.4 Å². The Hall–Kier alpha value is -4.76. The van der Waals surface area contributed by atoms with E-state index in [2.05, 4.69) is 20.4 Å². The zero-order chi connectivity index (χ0) is 33.8. The molecule has 48 heavy (non-hydrogen) atoms. The summed E-state index contributed by atoms with van der Waals surface area (Å²) < 4.78 is 98.1. The summed E-state index contributed by atoms with van der Waals surface area (Å²) in [5, 5.41) is 4.69. The Morgan fingerprint density at radius 1 is 0.979 bits per heavy atom. The minimum absolute atomic E-state index is 0. The molecule has 4 N–H and O–H groups in total. The van der Waals surface area contributed by atoms with Crippen LogP contribution in [0.4, 0.5) is 26.3 Å². The first-order valence-corrected chi connectivity index (χ1v) is 14.4. The Morgan fingerprint density at radius 2 is 1.67 bits per heavy atom. The van der Waals surface area contributed by atoms with Crippen molar-refractivity contribution in [3.63, 3.8) is 0 Å². The molecule has 4 aromatic rings. The minimum atomic E-state index is -3.11. The number of amides is 2. The van der Waals surface area contributed by atoms with Gasteiger partial charge in [0.1, 0.15) is 29.3 Å². The van der Waals surface area contributed by atoms with Crippen molar-refractivity contribution < 1.29 is 49.8 Å². The average molecular weight is 699 g/mol. The Bertz CT molecular complexity index is 1790. The van der Waals surface area contributed by atoms with Gasteiger partial charge in [-0.05, 0) is 56.0 Å². The van der Waals surface area contributed by atoms with Crippen molar-refractivity contribution in [1.29, 1.82) is 0 Å². The number of benzene rings is 3. The van der Waals surface area contributed by atoms with Crippen LogP contribution in [-0.4, -0.2) is 30.0 Å². The number of rotatable bonds is 13. The highest BCUT2D eigenvalue weighted by Gasteiger charge is 2.31. The molecule has 0 saturated heterocycles. The summed E-state index contributed by atoms with van der Waals surface area (Å²) in [7, 11) is 0. The maximum absolute atomic E-state index is 14.9. The Labute approximate surface area is 276 Å². The lowest BCUT2D eigenvalue weighted by Gasteiger charge is -2.19. The van der Waals surface area contributed by atoms with Crippen LogP contribution in [0.15, 0.2) is 59.0 Å². The van der Waals surface area contributed by atoms with Crippen molar-refractivity contribution in [3.05, 3.63) is 100 Å². The van der Waals surface area contributed by atoms with Crippen molar-refractivity contribution >= 4 is 24.2 Å². The molecule has 1 fully saturated rings. The predicted molar refractivity (Wildman–Crippen MR) is 161 cm³/mol. The molecule has 1 heterocycles. The summed E-state index contributed by atoms with van der Waals surface area (Å²) >= 11 is 0. The molecule has 1 unspecified atom stereocenters. The highest BCUT2D eigenvalue weighted by molar-refractivity contribution is 5.97. The molecule has 1 saturated carbocycles. The molecule has 9 nitrogen and oxygen atoms in total. The number of nitrogens with zero attached hydrogens (tertiary/aromatic N) is 1. The van der Waals surface area contributed by atoms with E-state index >= 15 is 0 Å². The molecule has 1 aromatic heterocycles. The van der Waals surface area contributed by atoms with E-state index in [1.807, 2.05) is 0 Å². The SMILES string of the molecule is C[C@H](N)c1oc(-c2ccc(OC(F)F)c(OCC3CC3)c2)nc1C(=O)NC(C(=O)NCc1ccc(F)cc1F)c1ccc(F)cc1F.Cl. The van der Waals surface area contributed by atoms with Crippen LogP contribution in [0.3, 0.4) is 0 Å². The number of hydrogen-bond acceptors (Lipinski definition) is 7. The van der Waals surface area contributed by atoms with Gasteiger partial charge in [0.2, 0.25) is 11.8 Å². The fourth-order valence-corrected chi connectivity index (χ4v) is 4.54. The van der Waals surface area contributed by atoms with Crippen LogP contribution in [0.5, 0.6) is 11.5 Å². The number of alkyl halides is 2. The fourth-order valence-electron chi connectivity index (χ4n) is 4.54. The van der Waals surface area contributed by atoms with E-state index in [1.54, 1.807) is 0 Å². The van der Waals surface area contributed by atoms with E-state index in [1.165, 1.54) is 25.1 Å². The first kappa shape index (κ1) is 36.1. The van der Waals surface area contributed by atoms with Gasteiger partial charge in [0, 0.05) is 35.4 Å². The molecule has 16 heteroatoms. The first-order chi connectivity index (χ1) is 22.4. The number of carbonyl (C=O) groups excluding carboxylic acids is 2. The van der Waals surface area contributed by atoms with Crippen molar-refractivity contribution in [3.8, 4) is 23.0 Å². The van der Waals surface area contributed by atoms with Gasteiger partial charge >= 0.3 is 6.61 Å². The van der Waals surface area contributed by atoms with Crippen molar-refractivity contribution in [2.45, 2.75) is 45.0 Å². The summed E-state index contributed by atoms with van der Waals surface area (Å²) in [4.78, 5) is 31.1. The topological polar surface area (TPSA) is 129 Å². The Morgan fingerprint density at radius 3 is 2.29 bits per heavy atom. The monoisotopic (exact) mass is 698 g/mol. The summed E-state index contributed by atoms with van der Waals surface area (Å²) in [5.41, 5.74) is 5.31. The zero-order valence-electron chi connectivity index (χ0n) is 25.1. The number of ether oxygens (including phenoxy) is 2. The first-order valence-electron chi connectivity index (χ1n) is 14.4. The van der Waals surface area contributed by atoms with Crippen molar-refractivity contribution in [2.75, 3.05) is 6.61 Å². The van der Waals surface area contributed by atoms with E-state index in [4.69, 9.17) is 14.9 Å². The molecular formula is C32H29ClF6N4O5. The van der Waals surface area contributed by atoms with Crippen LogP contribution in [0.2, 0.25) is 0 Å². The molecule has 1 aliphatic carbocycles. The summed E-state index contributed by atoms with van der Waals surface area (Å²) in [5.74, 6) is -6.24. The summed E-state index contributed by atoms with van der Waals surface area (Å²) in [6.45, 7) is -1.83. The second-order valence-electron chi connectivity index (χ2n) is 10.8. The molecule has 1 aliphatic rings. The van der Waals surface area contributed by atoms with Crippen LogP contribution in [0.1, 0.15) is 59.2 Å². The molecule has 0 bridgehead atoms. The second-order valence-corrected chi connectivity index (χ2v) is 10.8. The highest BCUT2D eigenvalue weighted by Crippen LogP contribution is 2.37. The number of carbonyl (C=O) groups is 2. The van der Waals surface area contributed by atoms with Crippen molar-refractivity contribution in [1.82, 2.24) is 15.6 Å². The normalized spacial score (nSPS) is 13.8. The van der Waals surface area contributed by atoms with Crippen LogP contribution in [0, 0.1) is 29.2 Å². The van der Waals surface area contributed by atoms with Gasteiger partial charge in [0.15, 0.2) is 23.0 Å². The lowest BCUT2D eigenvalue weighted by Crippen LogP contribution is -2.41. The number of nitrogens with two attached hydrogens (primary N) is 1. The van der Waals surface area contributed by atoms with Gasteiger partial charge in [-0.15, -0.1) is 12.4 Å². The molecule has 256 valence electrons. The molecule has 2 amide bonds. The largest absolute Gasteiger partial charge is 0.489 e. The molecule has 0 spiro atoms. The molecule has 3 aromatic carbocycles. The van der Waals surface area contributed by atoms with E-state index in [9.17, 15) is 35.9 Å². The van der Waals surface area contributed by atoms with Crippen LogP contribution in [-0.2, 0) is 11.3 Å². The van der Waals surface area contributed by atoms with Crippen molar-refractivity contribution in [2.24, 2.45) is 11.7 Å². The van der Waals surface area contributed by atoms with E-state index in [0.717, 1.165) is 37.1 Å². The lowest BCUT2D eigenvalue weighted by atomic mass is 10.0. The third kappa shape index (κ3) is 8.77. The van der Waals surface area contributed by atoms with E-state index < -0.39 is 71.6 Å². The third-order valence-corrected chi connectivity index (χ3v) is 7.14. The number of hydrogen-bond donors (Lipinski definition) is 3. The lowest BCUT2D eigenvalue weighted by molar-refractivity contribution is -0.123. The van der Waals surface area contributed by atoms with Gasteiger partial charge in [-0.1, -0.05) is 12.1 Å². The van der Waals surface area contributed by atoms with E-state index in [-0.39, 0.29) is 59.2 Å². The van der Waals surface area contributed by atoms with Gasteiger partial charge in [-0.2, -0.15) is 8.78 Å². The van der Waals surface area contributed by atoms with E-state index in [0.29, 0.717) is 12.1 Å². The molecular weight excluding hydrogens is 670 g/mol. The van der Waals surface area contributed by atoms with Gasteiger partial charge in [-0.3, -0.25) is 9.59 Å². The summed E-state index contributed by atoms with van der Waals surface area (Å²) in [6, 6.07) is 6.20. The average Bonchev–Trinajstić information content (AvgIpc) is 3.73. The molecule has 0 aliphatic heterocycles. The summed E-state index contributed by atoms with van der Waals surface area (Å²) in [6.07, 6.45) is 1.87. The Balaban J connectivity index is 0.00000520. The fraction of sp³-hybridized carbons (Fsp3) is 0.281. The molecule has 2 atom stereocenters. The minimum Gasteiger partial charge on any atom is -0.489 e. The highest BCUT2D eigenvalue weighted by atomic mass is 35.5. The van der Waals surface area contributed by atoms with Crippen LogP contribution < -0.4 is 25.8 Å². The standard InChI is InChI=1S/C32H28F6N4O5.ClH/c1-15(39)28-27(42-31(47-28)17-5-9-24(46-32(37)38)25(10-17)45-14-16-2-3-16)30(44)41-26(21-8-7-20(34)12-23(21)36)29(43)40-13-18-4-6-19(33)11-22(18)35;/h4-12,15-16,26,32H,2-3,13-14,39H2,1H3,(H,40,43)(H,41,44);1H/t15-,26?;/m0./s1. The number of aromatic nitrogens is 1. The predicted octanol–water partition coefficient (Wildman–Crippen LogP) is 6.52. The second kappa shape index (κ2) is 15.4. The van der Waals surface area contributed by atoms with Gasteiger partial charge in [0.25, 0.3) is 5.91 Å². The van der Waals surface area contributed by atoms with Crippen LogP contribution in [0.25, 0.3) is 11.5 Å².